The third kappa shape index (κ3) is 2.64. The fourth-order valence-corrected chi connectivity index (χ4v) is 2.28. The molecule has 1 unspecified atom stereocenters. The van der Waals surface area contributed by atoms with E-state index in [0.717, 1.165) is 24.5 Å². The lowest BCUT2D eigenvalue weighted by Crippen LogP contribution is -2.31. The van der Waals surface area contributed by atoms with Crippen molar-refractivity contribution in [3.05, 3.63) is 29.6 Å². The number of carboxylic acids is 1. The monoisotopic (exact) mass is 234 g/mol. The van der Waals surface area contributed by atoms with E-state index in [1.54, 1.807) is 0 Å². The highest BCUT2D eigenvalue weighted by Crippen LogP contribution is 2.30. The van der Waals surface area contributed by atoms with Crippen LogP contribution < -0.4 is 0 Å². The van der Waals surface area contributed by atoms with E-state index in [1.165, 1.54) is 0 Å². The van der Waals surface area contributed by atoms with Gasteiger partial charge in [-0.3, -0.25) is 14.7 Å². The SMILES string of the molecule is Cc1cccc(CN2CCC(C)(C(=O)O)C2)n1. The Morgan fingerprint density at radius 1 is 1.59 bits per heavy atom. The first kappa shape index (κ1) is 12.0. The van der Waals surface area contributed by atoms with E-state index in [2.05, 4.69) is 9.88 Å². The van der Waals surface area contributed by atoms with Gasteiger partial charge in [0.15, 0.2) is 0 Å². The van der Waals surface area contributed by atoms with Crippen molar-refractivity contribution in [2.75, 3.05) is 13.1 Å². The van der Waals surface area contributed by atoms with Crippen LogP contribution in [0.4, 0.5) is 0 Å². The minimum Gasteiger partial charge on any atom is -0.481 e. The number of likely N-dealkylation sites (tertiary alicyclic amines) is 1. The normalized spacial score (nSPS) is 25.1. The summed E-state index contributed by atoms with van der Waals surface area (Å²) in [6, 6.07) is 5.95. The van der Waals surface area contributed by atoms with Gasteiger partial charge in [-0.25, -0.2) is 0 Å². The van der Waals surface area contributed by atoms with Crippen LogP contribution in [-0.4, -0.2) is 34.0 Å². The summed E-state index contributed by atoms with van der Waals surface area (Å²) in [7, 11) is 0. The third-order valence-electron chi connectivity index (χ3n) is 3.40. The molecule has 0 saturated carbocycles. The van der Waals surface area contributed by atoms with E-state index >= 15 is 0 Å². The molecule has 0 aliphatic carbocycles. The Balaban J connectivity index is 2.01. The van der Waals surface area contributed by atoms with Crippen LogP contribution in [0.15, 0.2) is 18.2 Å². The molecule has 1 aliphatic rings. The van der Waals surface area contributed by atoms with Gasteiger partial charge in [0.2, 0.25) is 0 Å². The minimum absolute atomic E-state index is 0.593. The Morgan fingerprint density at radius 2 is 2.35 bits per heavy atom. The standard InChI is InChI=1S/C13H18N2O2/c1-10-4-3-5-11(14-10)8-15-7-6-13(2,9-15)12(16)17/h3-5H,6-9H2,1-2H3,(H,16,17). The van der Waals surface area contributed by atoms with Gasteiger partial charge in [-0.05, 0) is 38.9 Å². The van der Waals surface area contributed by atoms with Crippen LogP contribution in [0, 0.1) is 12.3 Å². The Labute approximate surface area is 101 Å². The minimum atomic E-state index is -0.697. The van der Waals surface area contributed by atoms with Gasteiger partial charge in [-0.2, -0.15) is 0 Å². The molecule has 0 spiro atoms. The number of hydrogen-bond donors (Lipinski definition) is 1. The summed E-state index contributed by atoms with van der Waals surface area (Å²) in [4.78, 5) is 17.7. The zero-order chi connectivity index (χ0) is 12.5. The molecule has 1 fully saturated rings. The molecule has 2 heterocycles. The average Bonchev–Trinajstić information content (AvgIpc) is 2.61. The van der Waals surface area contributed by atoms with E-state index < -0.39 is 11.4 Å². The number of aryl methyl sites for hydroxylation is 1. The Morgan fingerprint density at radius 3 is 2.94 bits per heavy atom. The summed E-state index contributed by atoms with van der Waals surface area (Å²) < 4.78 is 0. The third-order valence-corrected chi connectivity index (χ3v) is 3.40. The van der Waals surface area contributed by atoms with Crippen LogP contribution in [0.3, 0.4) is 0 Å². The van der Waals surface area contributed by atoms with Crippen molar-refractivity contribution in [3.8, 4) is 0 Å². The first-order chi connectivity index (χ1) is 7.99. The average molecular weight is 234 g/mol. The summed E-state index contributed by atoms with van der Waals surface area (Å²) in [6.07, 6.45) is 0.716. The summed E-state index contributed by atoms with van der Waals surface area (Å²) >= 11 is 0. The van der Waals surface area contributed by atoms with Crippen molar-refractivity contribution in [2.24, 2.45) is 5.41 Å². The lowest BCUT2D eigenvalue weighted by molar-refractivity contribution is -0.147. The second kappa shape index (κ2) is 4.45. The summed E-state index contributed by atoms with van der Waals surface area (Å²) in [6.45, 7) is 5.97. The molecular formula is C13H18N2O2. The van der Waals surface area contributed by atoms with E-state index in [0.29, 0.717) is 13.0 Å². The summed E-state index contributed by atoms with van der Waals surface area (Å²) in [5.41, 5.74) is 1.42. The highest BCUT2D eigenvalue weighted by molar-refractivity contribution is 5.74. The van der Waals surface area contributed by atoms with Crippen LogP contribution in [-0.2, 0) is 11.3 Å². The lowest BCUT2D eigenvalue weighted by Gasteiger charge is -2.19. The number of rotatable bonds is 3. The molecule has 1 atom stereocenters. The molecular weight excluding hydrogens is 216 g/mol. The summed E-state index contributed by atoms with van der Waals surface area (Å²) in [5, 5.41) is 9.16. The maximum atomic E-state index is 11.1. The molecule has 0 aromatic carbocycles. The van der Waals surface area contributed by atoms with E-state index in [4.69, 9.17) is 5.11 Å². The maximum Gasteiger partial charge on any atom is 0.310 e. The van der Waals surface area contributed by atoms with Crippen molar-refractivity contribution in [3.63, 3.8) is 0 Å². The zero-order valence-corrected chi connectivity index (χ0v) is 10.3. The smallest absolute Gasteiger partial charge is 0.310 e. The number of aromatic nitrogens is 1. The van der Waals surface area contributed by atoms with E-state index in [1.807, 2.05) is 32.0 Å². The molecule has 1 N–H and O–H groups in total. The van der Waals surface area contributed by atoms with Crippen LogP contribution in [0.5, 0.6) is 0 Å². The number of carboxylic acid groups (broad SMARTS) is 1. The van der Waals surface area contributed by atoms with Crippen molar-refractivity contribution in [2.45, 2.75) is 26.8 Å². The van der Waals surface area contributed by atoms with Gasteiger partial charge in [0, 0.05) is 18.8 Å². The van der Waals surface area contributed by atoms with Crippen molar-refractivity contribution >= 4 is 5.97 Å². The van der Waals surface area contributed by atoms with Gasteiger partial charge in [-0.1, -0.05) is 6.07 Å². The number of hydrogen-bond acceptors (Lipinski definition) is 3. The van der Waals surface area contributed by atoms with Crippen molar-refractivity contribution < 1.29 is 9.90 Å². The van der Waals surface area contributed by atoms with Gasteiger partial charge in [-0.15, -0.1) is 0 Å². The van der Waals surface area contributed by atoms with Gasteiger partial charge < -0.3 is 5.11 Å². The molecule has 4 heteroatoms. The second-order valence-electron chi connectivity index (χ2n) is 5.10. The molecule has 1 aromatic heterocycles. The van der Waals surface area contributed by atoms with E-state index in [9.17, 15) is 4.79 Å². The molecule has 17 heavy (non-hydrogen) atoms. The van der Waals surface area contributed by atoms with E-state index in [-0.39, 0.29) is 0 Å². The molecule has 1 aromatic rings. The molecule has 0 amide bonds. The topological polar surface area (TPSA) is 53.4 Å². The Hall–Kier alpha value is -1.42. The number of pyridine rings is 1. The van der Waals surface area contributed by atoms with Crippen molar-refractivity contribution in [1.82, 2.24) is 9.88 Å². The number of nitrogens with zero attached hydrogens (tertiary/aromatic N) is 2. The largest absolute Gasteiger partial charge is 0.481 e. The first-order valence-corrected chi connectivity index (χ1v) is 5.88. The van der Waals surface area contributed by atoms with Crippen LogP contribution in [0.1, 0.15) is 24.7 Å². The summed E-state index contributed by atoms with van der Waals surface area (Å²) in [5.74, 6) is -0.697. The van der Waals surface area contributed by atoms with Crippen LogP contribution in [0.25, 0.3) is 0 Å². The Kier molecular flexibility index (Phi) is 3.15. The molecule has 0 radical (unpaired) electrons. The Bertz CT molecular complexity index is 433. The van der Waals surface area contributed by atoms with Gasteiger partial charge in [0.05, 0.1) is 11.1 Å². The first-order valence-electron chi connectivity index (χ1n) is 5.88. The second-order valence-corrected chi connectivity index (χ2v) is 5.10. The fraction of sp³-hybridized carbons (Fsp3) is 0.538. The lowest BCUT2D eigenvalue weighted by atomic mass is 9.90. The van der Waals surface area contributed by atoms with Crippen LogP contribution in [0.2, 0.25) is 0 Å². The number of aliphatic carboxylic acids is 1. The highest BCUT2D eigenvalue weighted by Gasteiger charge is 2.40. The molecule has 4 nitrogen and oxygen atoms in total. The van der Waals surface area contributed by atoms with Gasteiger partial charge >= 0.3 is 5.97 Å². The molecule has 2 rings (SSSR count). The molecule has 1 saturated heterocycles. The molecule has 92 valence electrons. The predicted molar refractivity (Wildman–Crippen MR) is 64.6 cm³/mol. The molecule has 1 aliphatic heterocycles. The van der Waals surface area contributed by atoms with Crippen LogP contribution >= 0.6 is 0 Å². The zero-order valence-electron chi connectivity index (χ0n) is 10.3. The fourth-order valence-electron chi connectivity index (χ4n) is 2.28. The van der Waals surface area contributed by atoms with Gasteiger partial charge in [0.25, 0.3) is 0 Å². The predicted octanol–water partition coefficient (Wildman–Crippen LogP) is 1.69. The molecule has 0 bridgehead atoms. The quantitative estimate of drug-likeness (QED) is 0.864. The van der Waals surface area contributed by atoms with Gasteiger partial charge in [0.1, 0.15) is 0 Å². The maximum absolute atomic E-state index is 11.1. The number of carbonyl (C=O) groups is 1. The highest BCUT2D eigenvalue weighted by atomic mass is 16.4. The van der Waals surface area contributed by atoms with Crippen molar-refractivity contribution in [1.29, 1.82) is 0 Å².